The quantitative estimate of drug-likeness (QED) is 0.675. The predicted octanol–water partition coefficient (Wildman–Crippen LogP) is 2.81. The molecule has 142 valence electrons. The summed E-state index contributed by atoms with van der Waals surface area (Å²) in [6.45, 7) is 0. The third kappa shape index (κ3) is 3.87. The zero-order chi connectivity index (χ0) is 19.7. The van der Waals surface area contributed by atoms with Crippen molar-refractivity contribution in [3.8, 4) is 17.2 Å². The summed E-state index contributed by atoms with van der Waals surface area (Å²) in [6, 6.07) is 4.44. The SMILES string of the molecule is COc1cc(S(=O)(=O)Nc2ccc(C(F)(F)F)c(O)c2)c(OC)cc1N. The van der Waals surface area contributed by atoms with Crippen molar-refractivity contribution in [1.29, 1.82) is 0 Å². The van der Waals surface area contributed by atoms with E-state index < -0.39 is 27.5 Å². The molecule has 26 heavy (non-hydrogen) atoms. The molecule has 0 aliphatic carbocycles. The Balaban J connectivity index is 2.45. The number of hydrogen-bond acceptors (Lipinski definition) is 6. The van der Waals surface area contributed by atoms with Gasteiger partial charge in [-0.05, 0) is 12.1 Å². The number of benzene rings is 2. The van der Waals surface area contributed by atoms with Crippen LogP contribution in [0.4, 0.5) is 24.5 Å². The number of rotatable bonds is 5. The fourth-order valence-corrected chi connectivity index (χ4v) is 3.36. The highest BCUT2D eigenvalue weighted by atomic mass is 32.2. The third-order valence-electron chi connectivity index (χ3n) is 3.36. The second kappa shape index (κ2) is 6.83. The van der Waals surface area contributed by atoms with Crippen molar-refractivity contribution in [3.05, 3.63) is 35.9 Å². The average Bonchev–Trinajstić information content (AvgIpc) is 2.52. The standard InChI is InChI=1S/C15H15F3N2O5S/c1-24-12-7-14(13(25-2)6-10(12)19)26(22,23)20-8-3-4-9(11(21)5-8)15(16,17)18/h3-7,20-21H,19H2,1-2H3. The molecular weight excluding hydrogens is 377 g/mol. The first-order valence-electron chi connectivity index (χ1n) is 6.94. The fraction of sp³-hybridized carbons (Fsp3) is 0.200. The van der Waals surface area contributed by atoms with E-state index in [0.717, 1.165) is 12.1 Å². The van der Waals surface area contributed by atoms with Crippen LogP contribution in [-0.4, -0.2) is 27.7 Å². The summed E-state index contributed by atoms with van der Waals surface area (Å²) in [6.07, 6.45) is -4.77. The first kappa shape index (κ1) is 19.5. The molecule has 0 aliphatic rings. The van der Waals surface area contributed by atoms with Gasteiger partial charge in [-0.1, -0.05) is 0 Å². The minimum Gasteiger partial charge on any atom is -0.507 e. The summed E-state index contributed by atoms with van der Waals surface area (Å²) in [5, 5.41) is 9.50. The van der Waals surface area contributed by atoms with Gasteiger partial charge in [0.15, 0.2) is 0 Å². The molecular formula is C15H15F3N2O5S. The molecule has 0 atom stereocenters. The summed E-state index contributed by atoms with van der Waals surface area (Å²) in [7, 11) is -1.76. The van der Waals surface area contributed by atoms with Gasteiger partial charge in [-0.15, -0.1) is 0 Å². The second-order valence-electron chi connectivity index (χ2n) is 5.08. The lowest BCUT2D eigenvalue weighted by molar-refractivity contribution is -0.138. The van der Waals surface area contributed by atoms with Crippen molar-refractivity contribution < 1.29 is 36.2 Å². The third-order valence-corrected chi connectivity index (χ3v) is 4.76. The number of methoxy groups -OCH3 is 2. The maximum atomic E-state index is 12.7. The molecule has 0 saturated heterocycles. The van der Waals surface area contributed by atoms with Crippen LogP contribution in [0.5, 0.6) is 17.2 Å². The number of phenols is 1. The number of aromatic hydroxyl groups is 1. The monoisotopic (exact) mass is 392 g/mol. The molecule has 7 nitrogen and oxygen atoms in total. The van der Waals surface area contributed by atoms with Crippen LogP contribution in [0.3, 0.4) is 0 Å². The average molecular weight is 392 g/mol. The summed E-state index contributed by atoms with van der Waals surface area (Å²) in [5.74, 6) is -1.13. The molecule has 11 heteroatoms. The largest absolute Gasteiger partial charge is 0.507 e. The highest BCUT2D eigenvalue weighted by Crippen LogP contribution is 2.38. The van der Waals surface area contributed by atoms with Gasteiger partial charge < -0.3 is 20.3 Å². The minimum absolute atomic E-state index is 0.0708. The van der Waals surface area contributed by atoms with Gasteiger partial charge in [0.2, 0.25) is 0 Å². The van der Waals surface area contributed by atoms with E-state index in [1.807, 2.05) is 0 Å². The van der Waals surface area contributed by atoms with Crippen molar-refractivity contribution in [2.75, 3.05) is 24.7 Å². The first-order valence-corrected chi connectivity index (χ1v) is 8.42. The highest BCUT2D eigenvalue weighted by molar-refractivity contribution is 7.92. The van der Waals surface area contributed by atoms with Crippen LogP contribution >= 0.6 is 0 Å². The lowest BCUT2D eigenvalue weighted by Gasteiger charge is -2.15. The molecule has 2 rings (SSSR count). The number of nitrogen functional groups attached to an aromatic ring is 1. The summed E-state index contributed by atoms with van der Waals surface area (Å²) in [5.41, 5.74) is 4.27. The molecule has 0 spiro atoms. The van der Waals surface area contributed by atoms with Crippen LogP contribution in [-0.2, 0) is 16.2 Å². The van der Waals surface area contributed by atoms with Crippen LogP contribution in [0.2, 0.25) is 0 Å². The summed E-state index contributed by atoms with van der Waals surface area (Å²) >= 11 is 0. The Bertz CT molecular complexity index is 930. The molecule has 0 radical (unpaired) electrons. The summed E-state index contributed by atoms with van der Waals surface area (Å²) in [4.78, 5) is -0.342. The highest BCUT2D eigenvalue weighted by Gasteiger charge is 2.34. The fourth-order valence-electron chi connectivity index (χ4n) is 2.15. The molecule has 0 aromatic heterocycles. The van der Waals surface area contributed by atoms with E-state index in [4.69, 9.17) is 15.2 Å². The molecule has 2 aromatic rings. The first-order chi connectivity index (χ1) is 12.0. The Morgan fingerprint density at radius 3 is 2.19 bits per heavy atom. The van der Waals surface area contributed by atoms with Crippen LogP contribution in [0, 0.1) is 0 Å². The molecule has 0 aliphatic heterocycles. The maximum Gasteiger partial charge on any atom is 0.419 e. The Kier molecular flexibility index (Phi) is 5.12. The number of hydrogen-bond donors (Lipinski definition) is 3. The van der Waals surface area contributed by atoms with E-state index in [-0.39, 0.29) is 27.8 Å². The van der Waals surface area contributed by atoms with Crippen molar-refractivity contribution in [2.45, 2.75) is 11.1 Å². The van der Waals surface area contributed by atoms with E-state index in [1.165, 1.54) is 20.3 Å². The Morgan fingerprint density at radius 1 is 1.08 bits per heavy atom. The van der Waals surface area contributed by atoms with Crippen LogP contribution in [0.1, 0.15) is 5.56 Å². The van der Waals surface area contributed by atoms with Crippen LogP contribution < -0.4 is 19.9 Å². The van der Waals surface area contributed by atoms with Gasteiger partial charge in [-0.2, -0.15) is 13.2 Å². The number of sulfonamides is 1. The number of nitrogens with one attached hydrogen (secondary N) is 1. The number of halogens is 3. The molecule has 0 unspecified atom stereocenters. The van der Waals surface area contributed by atoms with Gasteiger partial charge in [-0.25, -0.2) is 8.42 Å². The molecule has 4 N–H and O–H groups in total. The smallest absolute Gasteiger partial charge is 0.419 e. The van der Waals surface area contributed by atoms with E-state index in [2.05, 4.69) is 4.72 Å². The van der Waals surface area contributed by atoms with Gasteiger partial charge in [-0.3, -0.25) is 4.72 Å². The predicted molar refractivity (Wildman–Crippen MR) is 87.9 cm³/mol. The number of anilines is 2. The Morgan fingerprint density at radius 2 is 1.69 bits per heavy atom. The van der Waals surface area contributed by atoms with Crippen molar-refractivity contribution in [1.82, 2.24) is 0 Å². The summed E-state index contributed by atoms with van der Waals surface area (Å²) < 4.78 is 75.1. The molecule has 0 bridgehead atoms. The van der Waals surface area contributed by atoms with Crippen LogP contribution in [0.15, 0.2) is 35.2 Å². The molecule has 0 amide bonds. The number of nitrogens with two attached hydrogens (primary N) is 1. The van der Waals surface area contributed by atoms with Crippen molar-refractivity contribution >= 4 is 21.4 Å². The second-order valence-corrected chi connectivity index (χ2v) is 6.73. The van der Waals surface area contributed by atoms with Crippen LogP contribution in [0.25, 0.3) is 0 Å². The number of phenolic OH excluding ortho intramolecular Hbond substituents is 1. The zero-order valence-corrected chi connectivity index (χ0v) is 14.4. The minimum atomic E-state index is -4.77. The molecule has 2 aromatic carbocycles. The molecule has 0 heterocycles. The lowest BCUT2D eigenvalue weighted by Crippen LogP contribution is -2.15. The van der Waals surface area contributed by atoms with Gasteiger partial charge in [0.1, 0.15) is 22.1 Å². The van der Waals surface area contributed by atoms with Crippen molar-refractivity contribution in [2.24, 2.45) is 0 Å². The molecule has 0 fully saturated rings. The Hall–Kier alpha value is -2.82. The van der Waals surface area contributed by atoms with Crippen molar-refractivity contribution in [3.63, 3.8) is 0 Å². The van der Waals surface area contributed by atoms with Gasteiger partial charge in [0.05, 0.1) is 31.2 Å². The number of alkyl halides is 3. The van der Waals surface area contributed by atoms with Gasteiger partial charge in [0.25, 0.3) is 10.0 Å². The van der Waals surface area contributed by atoms with E-state index >= 15 is 0 Å². The van der Waals surface area contributed by atoms with E-state index in [9.17, 15) is 26.7 Å². The van der Waals surface area contributed by atoms with E-state index in [0.29, 0.717) is 12.1 Å². The normalized spacial score (nSPS) is 11.9. The Labute approximate surface area is 147 Å². The topological polar surface area (TPSA) is 111 Å². The lowest BCUT2D eigenvalue weighted by atomic mass is 10.2. The van der Waals surface area contributed by atoms with Gasteiger partial charge >= 0.3 is 6.18 Å². The number of ether oxygens (including phenoxy) is 2. The maximum absolute atomic E-state index is 12.7. The molecule has 0 saturated carbocycles. The van der Waals surface area contributed by atoms with Gasteiger partial charge in [0, 0.05) is 18.2 Å². The zero-order valence-electron chi connectivity index (χ0n) is 13.6. The van der Waals surface area contributed by atoms with E-state index in [1.54, 1.807) is 0 Å².